The first-order valence-electron chi connectivity index (χ1n) is 4.64. The van der Waals surface area contributed by atoms with E-state index in [4.69, 9.17) is 10.2 Å². The Bertz CT molecular complexity index is 132. The first-order valence-corrected chi connectivity index (χ1v) is 4.64. The maximum Gasteiger partial charge on any atom is 0.0897 e. The molecule has 72 valence electrons. The summed E-state index contributed by atoms with van der Waals surface area (Å²) in [5.41, 5.74) is 0. The molecular weight excluding hydrogens is 154 g/mol. The molecule has 1 rings (SSSR count). The maximum absolute atomic E-state index is 9.13. The standard InChI is InChI=1S/C9H19NO2/c1-7(2)8-3-10(4-8)5-9(12)6-11/h7-9,11-12H,3-6H2,1-2H3. The summed E-state index contributed by atoms with van der Waals surface area (Å²) in [4.78, 5) is 2.19. The van der Waals surface area contributed by atoms with Crippen LogP contribution < -0.4 is 0 Å². The van der Waals surface area contributed by atoms with Crippen LogP contribution in [0.25, 0.3) is 0 Å². The molecule has 0 spiro atoms. The minimum Gasteiger partial charge on any atom is -0.394 e. The fourth-order valence-corrected chi connectivity index (χ4v) is 1.54. The molecule has 0 saturated carbocycles. The third-order valence-electron chi connectivity index (χ3n) is 2.61. The van der Waals surface area contributed by atoms with Crippen LogP contribution in [0.4, 0.5) is 0 Å². The molecule has 0 bridgehead atoms. The predicted molar refractivity (Wildman–Crippen MR) is 47.9 cm³/mol. The van der Waals surface area contributed by atoms with Crippen LogP contribution >= 0.6 is 0 Å². The van der Waals surface area contributed by atoms with Crippen molar-refractivity contribution in [2.24, 2.45) is 11.8 Å². The average Bonchev–Trinajstić information content (AvgIpc) is 1.94. The summed E-state index contributed by atoms with van der Waals surface area (Å²) in [5.74, 6) is 1.53. The number of rotatable bonds is 4. The lowest BCUT2D eigenvalue weighted by atomic mass is 9.88. The Labute approximate surface area is 74.0 Å². The van der Waals surface area contributed by atoms with Crippen LogP contribution in [0.2, 0.25) is 0 Å². The largest absolute Gasteiger partial charge is 0.394 e. The molecule has 3 nitrogen and oxygen atoms in total. The third-order valence-corrected chi connectivity index (χ3v) is 2.61. The molecule has 1 atom stereocenters. The molecule has 0 aliphatic carbocycles. The van der Waals surface area contributed by atoms with Gasteiger partial charge in [0.15, 0.2) is 0 Å². The van der Waals surface area contributed by atoms with Gasteiger partial charge in [0.05, 0.1) is 12.7 Å². The SMILES string of the molecule is CC(C)C1CN(CC(O)CO)C1. The van der Waals surface area contributed by atoms with Crippen molar-refractivity contribution in [3.05, 3.63) is 0 Å². The van der Waals surface area contributed by atoms with Gasteiger partial charge < -0.3 is 15.1 Å². The van der Waals surface area contributed by atoms with Gasteiger partial charge in [0.1, 0.15) is 0 Å². The lowest BCUT2D eigenvalue weighted by Crippen LogP contribution is -2.51. The van der Waals surface area contributed by atoms with E-state index >= 15 is 0 Å². The Balaban J connectivity index is 2.09. The van der Waals surface area contributed by atoms with Crippen molar-refractivity contribution < 1.29 is 10.2 Å². The number of β-amino-alcohol motifs (C(OH)–C–C–N with tert-alkyl or cyclic N) is 1. The minimum atomic E-state index is -0.557. The molecule has 0 amide bonds. The second kappa shape index (κ2) is 4.21. The van der Waals surface area contributed by atoms with Crippen molar-refractivity contribution in [1.82, 2.24) is 4.90 Å². The molecule has 3 heteroatoms. The molecule has 0 aromatic rings. The van der Waals surface area contributed by atoms with Crippen molar-refractivity contribution in [3.8, 4) is 0 Å². The minimum absolute atomic E-state index is 0.122. The lowest BCUT2D eigenvalue weighted by Gasteiger charge is -2.42. The highest BCUT2D eigenvalue weighted by Gasteiger charge is 2.29. The second-order valence-corrected chi connectivity index (χ2v) is 4.06. The highest BCUT2D eigenvalue weighted by Crippen LogP contribution is 2.22. The Hall–Kier alpha value is -0.120. The molecule has 1 saturated heterocycles. The van der Waals surface area contributed by atoms with E-state index in [1.54, 1.807) is 0 Å². The van der Waals surface area contributed by atoms with Crippen molar-refractivity contribution in [3.63, 3.8) is 0 Å². The molecule has 1 aliphatic heterocycles. The molecule has 1 fully saturated rings. The number of hydrogen-bond donors (Lipinski definition) is 2. The topological polar surface area (TPSA) is 43.7 Å². The quantitative estimate of drug-likeness (QED) is 0.625. The van der Waals surface area contributed by atoms with Crippen molar-refractivity contribution in [2.45, 2.75) is 20.0 Å². The van der Waals surface area contributed by atoms with Crippen LogP contribution in [-0.2, 0) is 0 Å². The van der Waals surface area contributed by atoms with E-state index in [9.17, 15) is 0 Å². The van der Waals surface area contributed by atoms with Crippen molar-refractivity contribution >= 4 is 0 Å². The highest BCUT2D eigenvalue weighted by molar-refractivity contribution is 4.82. The molecule has 0 radical (unpaired) electrons. The van der Waals surface area contributed by atoms with Crippen LogP contribution in [0.3, 0.4) is 0 Å². The number of aliphatic hydroxyl groups excluding tert-OH is 2. The first-order chi connectivity index (χ1) is 5.63. The monoisotopic (exact) mass is 173 g/mol. The van der Waals surface area contributed by atoms with E-state index in [1.165, 1.54) is 0 Å². The summed E-state index contributed by atoms with van der Waals surface area (Å²) in [6.07, 6.45) is -0.557. The van der Waals surface area contributed by atoms with Gasteiger partial charge in [0.2, 0.25) is 0 Å². The summed E-state index contributed by atoms with van der Waals surface area (Å²) in [7, 11) is 0. The van der Waals surface area contributed by atoms with Crippen molar-refractivity contribution in [2.75, 3.05) is 26.2 Å². The third kappa shape index (κ3) is 2.44. The van der Waals surface area contributed by atoms with Gasteiger partial charge in [-0.25, -0.2) is 0 Å². The Morgan fingerprint density at radius 2 is 2.00 bits per heavy atom. The van der Waals surface area contributed by atoms with E-state index < -0.39 is 6.10 Å². The van der Waals surface area contributed by atoms with Gasteiger partial charge in [-0.1, -0.05) is 13.8 Å². The molecule has 1 heterocycles. The second-order valence-electron chi connectivity index (χ2n) is 4.06. The Morgan fingerprint density at radius 3 is 2.42 bits per heavy atom. The molecule has 0 aromatic heterocycles. The van der Waals surface area contributed by atoms with Gasteiger partial charge >= 0.3 is 0 Å². The summed E-state index contributed by atoms with van der Waals surface area (Å²) in [6.45, 7) is 7.11. The van der Waals surface area contributed by atoms with Gasteiger partial charge in [0.25, 0.3) is 0 Å². The molecule has 12 heavy (non-hydrogen) atoms. The van der Waals surface area contributed by atoms with E-state index in [2.05, 4.69) is 18.7 Å². The van der Waals surface area contributed by atoms with E-state index in [0.29, 0.717) is 6.54 Å². The van der Waals surface area contributed by atoms with E-state index in [1.807, 2.05) is 0 Å². The number of aliphatic hydroxyl groups is 2. The molecule has 1 aliphatic rings. The maximum atomic E-state index is 9.13. The fourth-order valence-electron chi connectivity index (χ4n) is 1.54. The molecule has 1 unspecified atom stereocenters. The van der Waals surface area contributed by atoms with Gasteiger partial charge in [-0.15, -0.1) is 0 Å². The summed E-state index contributed by atoms with van der Waals surface area (Å²) >= 11 is 0. The normalized spacial score (nSPS) is 22.8. The summed E-state index contributed by atoms with van der Waals surface area (Å²) < 4.78 is 0. The highest BCUT2D eigenvalue weighted by atomic mass is 16.3. The lowest BCUT2D eigenvalue weighted by molar-refractivity contribution is 0.00223. The number of likely N-dealkylation sites (tertiary alicyclic amines) is 1. The predicted octanol–water partition coefficient (Wildman–Crippen LogP) is -0.0726. The van der Waals surface area contributed by atoms with Gasteiger partial charge in [-0.2, -0.15) is 0 Å². The van der Waals surface area contributed by atoms with Gasteiger partial charge in [-0.3, -0.25) is 0 Å². The van der Waals surface area contributed by atoms with Crippen LogP contribution in [-0.4, -0.2) is 47.5 Å². The van der Waals surface area contributed by atoms with Crippen LogP contribution in [0.5, 0.6) is 0 Å². The smallest absolute Gasteiger partial charge is 0.0897 e. The van der Waals surface area contributed by atoms with E-state index in [0.717, 1.165) is 24.9 Å². The molecule has 2 N–H and O–H groups in total. The van der Waals surface area contributed by atoms with Crippen LogP contribution in [0, 0.1) is 11.8 Å². The van der Waals surface area contributed by atoms with Crippen LogP contribution in [0.1, 0.15) is 13.8 Å². The van der Waals surface area contributed by atoms with Crippen LogP contribution in [0.15, 0.2) is 0 Å². The van der Waals surface area contributed by atoms with E-state index in [-0.39, 0.29) is 6.61 Å². The average molecular weight is 173 g/mol. The Morgan fingerprint density at radius 1 is 1.42 bits per heavy atom. The zero-order valence-electron chi connectivity index (χ0n) is 7.90. The number of hydrogen-bond acceptors (Lipinski definition) is 3. The van der Waals surface area contributed by atoms with Crippen molar-refractivity contribution in [1.29, 1.82) is 0 Å². The first kappa shape index (κ1) is 9.96. The zero-order chi connectivity index (χ0) is 9.14. The Kier molecular flexibility index (Phi) is 3.50. The zero-order valence-corrected chi connectivity index (χ0v) is 7.90. The summed E-state index contributed by atoms with van der Waals surface area (Å²) in [6, 6.07) is 0. The summed E-state index contributed by atoms with van der Waals surface area (Å²) in [5, 5.41) is 17.7. The van der Waals surface area contributed by atoms with Gasteiger partial charge in [0, 0.05) is 19.6 Å². The number of nitrogens with zero attached hydrogens (tertiary/aromatic N) is 1. The molecular formula is C9H19NO2. The van der Waals surface area contributed by atoms with Gasteiger partial charge in [-0.05, 0) is 11.8 Å². The molecule has 0 aromatic carbocycles. The fraction of sp³-hybridized carbons (Fsp3) is 1.00.